The fourth-order valence-corrected chi connectivity index (χ4v) is 3.26. The predicted octanol–water partition coefficient (Wildman–Crippen LogP) is 1.37. The largest absolute Gasteiger partial charge is 0.481 e. The zero-order valence-corrected chi connectivity index (χ0v) is 12.9. The van der Waals surface area contributed by atoms with Crippen LogP contribution < -0.4 is 5.32 Å². The second-order valence-corrected chi connectivity index (χ2v) is 6.39. The summed E-state index contributed by atoms with van der Waals surface area (Å²) in [5.41, 5.74) is 0. The average molecular weight is 297 g/mol. The van der Waals surface area contributed by atoms with Crippen molar-refractivity contribution in [2.24, 2.45) is 5.92 Å². The van der Waals surface area contributed by atoms with E-state index in [9.17, 15) is 9.59 Å². The number of nitrogens with zero attached hydrogens (tertiary/aromatic N) is 2. The minimum absolute atomic E-state index is 0.0481. The summed E-state index contributed by atoms with van der Waals surface area (Å²) < 4.78 is 0. The number of carbonyl (C=O) groups excluding carboxylic acids is 1. The molecular weight excluding hydrogens is 270 g/mol. The van der Waals surface area contributed by atoms with Crippen LogP contribution in [0.25, 0.3) is 0 Å². The van der Waals surface area contributed by atoms with E-state index in [1.807, 2.05) is 4.90 Å². The van der Waals surface area contributed by atoms with Crippen molar-refractivity contribution in [2.45, 2.75) is 45.1 Å². The highest BCUT2D eigenvalue weighted by molar-refractivity contribution is 5.74. The molecule has 0 aromatic rings. The lowest BCUT2D eigenvalue weighted by Gasteiger charge is -2.36. The number of hydrogen-bond donors (Lipinski definition) is 2. The fraction of sp³-hybridized carbons (Fsp3) is 0.867. The molecule has 0 radical (unpaired) electrons. The number of hydrogen-bond acceptors (Lipinski definition) is 3. The molecule has 2 atom stereocenters. The van der Waals surface area contributed by atoms with Crippen LogP contribution in [0.15, 0.2) is 0 Å². The van der Waals surface area contributed by atoms with Crippen LogP contribution in [0.2, 0.25) is 0 Å². The molecule has 6 heteroatoms. The molecular formula is C15H27N3O3. The van der Waals surface area contributed by atoms with Gasteiger partial charge in [-0.05, 0) is 18.8 Å². The first kappa shape index (κ1) is 16.1. The number of piperazine rings is 1. The Hall–Kier alpha value is -1.30. The molecule has 0 spiro atoms. The molecule has 2 aliphatic rings. The Bertz CT molecular complexity index is 367. The number of amides is 2. The summed E-state index contributed by atoms with van der Waals surface area (Å²) in [6.45, 7) is 5.73. The molecule has 1 saturated heterocycles. The van der Waals surface area contributed by atoms with Gasteiger partial charge in [0.15, 0.2) is 0 Å². The van der Waals surface area contributed by atoms with Gasteiger partial charge in [0, 0.05) is 38.8 Å². The predicted molar refractivity (Wildman–Crippen MR) is 80.2 cm³/mol. The normalized spacial score (nSPS) is 27.4. The molecule has 0 aromatic carbocycles. The Kier molecular flexibility index (Phi) is 5.85. The molecule has 1 aliphatic carbocycles. The molecule has 1 heterocycles. The smallest absolute Gasteiger partial charge is 0.317 e. The highest BCUT2D eigenvalue weighted by atomic mass is 16.4. The van der Waals surface area contributed by atoms with Crippen LogP contribution in [0.5, 0.6) is 0 Å². The Labute approximate surface area is 126 Å². The third-order valence-electron chi connectivity index (χ3n) is 4.57. The van der Waals surface area contributed by atoms with Crippen molar-refractivity contribution in [3.63, 3.8) is 0 Å². The van der Waals surface area contributed by atoms with E-state index in [-0.39, 0.29) is 12.5 Å². The maximum atomic E-state index is 12.2. The number of carboxylic acids is 1. The van der Waals surface area contributed by atoms with Gasteiger partial charge in [0.2, 0.25) is 0 Å². The summed E-state index contributed by atoms with van der Waals surface area (Å²) in [4.78, 5) is 26.8. The van der Waals surface area contributed by atoms with Crippen molar-refractivity contribution in [1.29, 1.82) is 0 Å². The quantitative estimate of drug-likeness (QED) is 0.822. The number of carboxylic acid groups (broad SMARTS) is 1. The van der Waals surface area contributed by atoms with Gasteiger partial charge in [0.05, 0.1) is 6.42 Å². The third kappa shape index (κ3) is 5.19. The summed E-state index contributed by atoms with van der Waals surface area (Å²) in [5.74, 6) is -0.0569. The summed E-state index contributed by atoms with van der Waals surface area (Å²) in [6.07, 6.45) is 4.83. The molecule has 0 aromatic heterocycles. The lowest BCUT2D eigenvalue weighted by Crippen LogP contribution is -2.54. The molecule has 2 amide bonds. The van der Waals surface area contributed by atoms with E-state index in [1.165, 1.54) is 12.8 Å². The van der Waals surface area contributed by atoms with E-state index in [1.54, 1.807) is 0 Å². The third-order valence-corrected chi connectivity index (χ3v) is 4.57. The molecule has 2 fully saturated rings. The van der Waals surface area contributed by atoms with Gasteiger partial charge >= 0.3 is 12.0 Å². The standard InChI is InChI=1S/C15H27N3O3/c1-12-3-2-4-13(11-12)16-15(21)18-9-7-17(8-10-18)6-5-14(19)20/h12-13H,2-11H2,1H3,(H,16,21)(H,19,20). The molecule has 1 aliphatic heterocycles. The van der Waals surface area contributed by atoms with E-state index in [0.717, 1.165) is 25.9 Å². The van der Waals surface area contributed by atoms with Crippen LogP contribution in [0, 0.1) is 5.92 Å². The second kappa shape index (κ2) is 7.64. The van der Waals surface area contributed by atoms with Gasteiger partial charge in [-0.25, -0.2) is 4.79 Å². The molecule has 21 heavy (non-hydrogen) atoms. The van der Waals surface area contributed by atoms with Crippen molar-refractivity contribution in [1.82, 2.24) is 15.1 Å². The molecule has 0 bridgehead atoms. The van der Waals surface area contributed by atoms with Crippen LogP contribution >= 0.6 is 0 Å². The first-order valence-electron chi connectivity index (χ1n) is 8.04. The molecule has 120 valence electrons. The lowest BCUT2D eigenvalue weighted by atomic mass is 9.87. The van der Waals surface area contributed by atoms with E-state index < -0.39 is 5.97 Å². The first-order chi connectivity index (χ1) is 10.0. The number of carbonyl (C=O) groups is 2. The van der Waals surface area contributed by atoms with Gasteiger partial charge in [-0.2, -0.15) is 0 Å². The number of rotatable bonds is 4. The van der Waals surface area contributed by atoms with E-state index in [4.69, 9.17) is 5.11 Å². The number of urea groups is 1. The second-order valence-electron chi connectivity index (χ2n) is 6.39. The number of nitrogens with one attached hydrogen (secondary N) is 1. The van der Waals surface area contributed by atoms with Crippen molar-refractivity contribution >= 4 is 12.0 Å². The van der Waals surface area contributed by atoms with Crippen LogP contribution in [0.1, 0.15) is 39.0 Å². The van der Waals surface area contributed by atoms with E-state index >= 15 is 0 Å². The van der Waals surface area contributed by atoms with Crippen molar-refractivity contribution in [3.8, 4) is 0 Å². The van der Waals surface area contributed by atoms with Crippen LogP contribution in [-0.2, 0) is 4.79 Å². The van der Waals surface area contributed by atoms with Crippen molar-refractivity contribution in [3.05, 3.63) is 0 Å². The maximum absolute atomic E-state index is 12.2. The van der Waals surface area contributed by atoms with Gasteiger partial charge in [0.25, 0.3) is 0 Å². The summed E-state index contributed by atoms with van der Waals surface area (Å²) in [5, 5.41) is 11.8. The van der Waals surface area contributed by atoms with Gasteiger partial charge in [-0.3, -0.25) is 9.69 Å². The molecule has 2 N–H and O–H groups in total. The van der Waals surface area contributed by atoms with Crippen LogP contribution in [0.4, 0.5) is 4.79 Å². The summed E-state index contributed by atoms with van der Waals surface area (Å²) in [7, 11) is 0. The van der Waals surface area contributed by atoms with Gasteiger partial charge in [-0.15, -0.1) is 0 Å². The molecule has 6 nitrogen and oxygen atoms in total. The molecule has 2 rings (SSSR count). The Morgan fingerprint density at radius 1 is 1.19 bits per heavy atom. The summed E-state index contributed by atoms with van der Waals surface area (Å²) in [6, 6.07) is 0.373. The minimum Gasteiger partial charge on any atom is -0.481 e. The SMILES string of the molecule is CC1CCCC(NC(=O)N2CCN(CCC(=O)O)CC2)C1. The van der Waals surface area contributed by atoms with Gasteiger partial charge in [-0.1, -0.05) is 19.8 Å². The minimum atomic E-state index is -0.762. The fourth-order valence-electron chi connectivity index (χ4n) is 3.26. The van der Waals surface area contributed by atoms with Gasteiger partial charge in [0.1, 0.15) is 0 Å². The Morgan fingerprint density at radius 3 is 2.52 bits per heavy atom. The van der Waals surface area contributed by atoms with Crippen LogP contribution in [-0.4, -0.2) is 65.7 Å². The molecule has 2 unspecified atom stereocenters. The zero-order chi connectivity index (χ0) is 15.2. The van der Waals surface area contributed by atoms with E-state index in [0.29, 0.717) is 31.6 Å². The summed E-state index contributed by atoms with van der Waals surface area (Å²) >= 11 is 0. The van der Waals surface area contributed by atoms with Crippen LogP contribution in [0.3, 0.4) is 0 Å². The maximum Gasteiger partial charge on any atom is 0.317 e. The zero-order valence-electron chi connectivity index (χ0n) is 12.9. The first-order valence-corrected chi connectivity index (χ1v) is 8.04. The monoisotopic (exact) mass is 297 g/mol. The highest BCUT2D eigenvalue weighted by Gasteiger charge is 2.25. The van der Waals surface area contributed by atoms with Gasteiger partial charge < -0.3 is 15.3 Å². The van der Waals surface area contributed by atoms with Crippen molar-refractivity contribution in [2.75, 3.05) is 32.7 Å². The van der Waals surface area contributed by atoms with E-state index in [2.05, 4.69) is 17.1 Å². The lowest BCUT2D eigenvalue weighted by molar-refractivity contribution is -0.137. The Balaban J connectivity index is 1.69. The highest BCUT2D eigenvalue weighted by Crippen LogP contribution is 2.23. The molecule has 1 saturated carbocycles. The Morgan fingerprint density at radius 2 is 1.90 bits per heavy atom. The topological polar surface area (TPSA) is 72.9 Å². The van der Waals surface area contributed by atoms with Crippen molar-refractivity contribution < 1.29 is 14.7 Å². The number of aliphatic carboxylic acids is 1. The average Bonchev–Trinajstić information content (AvgIpc) is 2.45.